The van der Waals surface area contributed by atoms with Crippen molar-refractivity contribution >= 4 is 5.82 Å². The van der Waals surface area contributed by atoms with Crippen LogP contribution in [0.3, 0.4) is 0 Å². The molecule has 96 valence electrons. The third kappa shape index (κ3) is 5.12. The van der Waals surface area contributed by atoms with Gasteiger partial charge in [0.15, 0.2) is 0 Å². The second kappa shape index (κ2) is 7.21. The van der Waals surface area contributed by atoms with Crippen molar-refractivity contribution in [3.05, 3.63) is 23.9 Å². The van der Waals surface area contributed by atoms with Gasteiger partial charge in [-0.1, -0.05) is 6.07 Å². The number of anilines is 1. The van der Waals surface area contributed by atoms with Crippen LogP contribution < -0.4 is 5.32 Å². The van der Waals surface area contributed by atoms with Gasteiger partial charge in [-0.05, 0) is 19.2 Å². The van der Waals surface area contributed by atoms with Crippen LogP contribution in [-0.4, -0.2) is 55.5 Å². The van der Waals surface area contributed by atoms with Crippen LogP contribution in [0.15, 0.2) is 18.2 Å². The van der Waals surface area contributed by atoms with Crippen molar-refractivity contribution < 1.29 is 9.84 Å². The summed E-state index contributed by atoms with van der Waals surface area (Å²) in [7, 11) is 5.38. The van der Waals surface area contributed by atoms with Gasteiger partial charge in [0.05, 0.1) is 18.4 Å². The third-order valence-corrected chi connectivity index (χ3v) is 2.38. The highest BCUT2D eigenvalue weighted by Gasteiger charge is 2.08. The van der Waals surface area contributed by atoms with E-state index in [2.05, 4.69) is 10.3 Å². The number of rotatable bonds is 7. The summed E-state index contributed by atoms with van der Waals surface area (Å²) in [5.74, 6) is 0.855. The molecule has 0 amide bonds. The van der Waals surface area contributed by atoms with E-state index in [9.17, 15) is 5.11 Å². The van der Waals surface area contributed by atoms with Crippen molar-refractivity contribution in [3.63, 3.8) is 0 Å². The number of hydrogen-bond donors (Lipinski definition) is 2. The molecule has 0 aromatic carbocycles. The van der Waals surface area contributed by atoms with Gasteiger partial charge in [0.25, 0.3) is 0 Å². The molecule has 1 heterocycles. The van der Waals surface area contributed by atoms with Crippen molar-refractivity contribution in [2.24, 2.45) is 0 Å². The summed E-state index contributed by atoms with van der Waals surface area (Å²) in [5, 5.41) is 12.6. The van der Waals surface area contributed by atoms with E-state index < -0.39 is 6.10 Å². The van der Waals surface area contributed by atoms with Gasteiger partial charge < -0.3 is 15.2 Å². The number of aliphatic hydroxyl groups excluding tert-OH is 1. The van der Waals surface area contributed by atoms with Gasteiger partial charge in [0.2, 0.25) is 0 Å². The molecule has 0 saturated heterocycles. The molecule has 0 saturated carbocycles. The van der Waals surface area contributed by atoms with Crippen LogP contribution in [0, 0.1) is 0 Å². The normalized spacial score (nSPS) is 12.8. The smallest absolute Gasteiger partial charge is 0.126 e. The number of methoxy groups -OCH3 is 1. The fourth-order valence-electron chi connectivity index (χ4n) is 1.65. The van der Waals surface area contributed by atoms with Crippen molar-refractivity contribution in [3.8, 4) is 0 Å². The molecule has 0 spiro atoms. The van der Waals surface area contributed by atoms with Gasteiger partial charge in [-0.2, -0.15) is 0 Å². The van der Waals surface area contributed by atoms with Gasteiger partial charge >= 0.3 is 0 Å². The fraction of sp³-hybridized carbons (Fsp3) is 0.583. The second-order valence-electron chi connectivity index (χ2n) is 4.07. The Morgan fingerprint density at radius 2 is 2.29 bits per heavy atom. The first-order valence-corrected chi connectivity index (χ1v) is 5.65. The Morgan fingerprint density at radius 1 is 1.53 bits per heavy atom. The summed E-state index contributed by atoms with van der Waals surface area (Å²) in [6.07, 6.45) is -0.461. The summed E-state index contributed by atoms with van der Waals surface area (Å²) in [5.41, 5.74) is 0.976. The molecule has 0 radical (unpaired) electrons. The minimum absolute atomic E-state index is 0.355. The SMILES string of the molecule is CNc1cccc(CN(C)CC(O)COC)n1. The summed E-state index contributed by atoms with van der Waals surface area (Å²) in [4.78, 5) is 6.44. The van der Waals surface area contributed by atoms with E-state index >= 15 is 0 Å². The predicted octanol–water partition coefficient (Wildman–Crippen LogP) is 0.562. The lowest BCUT2D eigenvalue weighted by Gasteiger charge is -2.19. The zero-order valence-corrected chi connectivity index (χ0v) is 10.7. The molecule has 5 nitrogen and oxygen atoms in total. The Hall–Kier alpha value is -1.17. The molecule has 0 aliphatic carbocycles. The minimum Gasteiger partial charge on any atom is -0.389 e. The number of nitrogens with zero attached hydrogens (tertiary/aromatic N) is 2. The zero-order chi connectivity index (χ0) is 12.7. The molecular formula is C12H21N3O2. The van der Waals surface area contributed by atoms with E-state index in [0.717, 1.165) is 11.5 Å². The van der Waals surface area contributed by atoms with Crippen LogP contribution in [0.4, 0.5) is 5.82 Å². The largest absolute Gasteiger partial charge is 0.389 e. The molecule has 1 aromatic rings. The lowest BCUT2D eigenvalue weighted by Crippen LogP contribution is -2.31. The molecule has 2 N–H and O–H groups in total. The highest BCUT2D eigenvalue weighted by atomic mass is 16.5. The van der Waals surface area contributed by atoms with Crippen LogP contribution in [0.1, 0.15) is 5.69 Å². The highest BCUT2D eigenvalue weighted by molar-refractivity contribution is 5.34. The average Bonchev–Trinajstić information content (AvgIpc) is 2.29. The highest BCUT2D eigenvalue weighted by Crippen LogP contribution is 2.06. The van der Waals surface area contributed by atoms with E-state index in [0.29, 0.717) is 19.7 Å². The summed E-state index contributed by atoms with van der Waals surface area (Å²) in [6.45, 7) is 1.63. The van der Waals surface area contributed by atoms with Crippen molar-refractivity contribution in [1.82, 2.24) is 9.88 Å². The molecule has 1 rings (SSSR count). The number of ether oxygens (including phenoxy) is 1. The van der Waals surface area contributed by atoms with Gasteiger partial charge in [-0.25, -0.2) is 4.98 Å². The first kappa shape index (κ1) is 13.9. The maximum atomic E-state index is 9.60. The maximum absolute atomic E-state index is 9.60. The van der Waals surface area contributed by atoms with Crippen LogP contribution in [-0.2, 0) is 11.3 Å². The zero-order valence-electron chi connectivity index (χ0n) is 10.7. The number of aliphatic hydroxyl groups is 1. The summed E-state index contributed by atoms with van der Waals surface area (Å²) < 4.78 is 4.89. The van der Waals surface area contributed by atoms with Crippen LogP contribution in [0.25, 0.3) is 0 Å². The van der Waals surface area contributed by atoms with Gasteiger partial charge in [0, 0.05) is 27.2 Å². The molecule has 1 atom stereocenters. The molecule has 0 bridgehead atoms. The molecule has 5 heteroatoms. The van der Waals surface area contributed by atoms with Gasteiger partial charge in [-0.3, -0.25) is 4.90 Å². The number of aromatic nitrogens is 1. The Labute approximate surface area is 102 Å². The monoisotopic (exact) mass is 239 g/mol. The van der Waals surface area contributed by atoms with Crippen molar-refractivity contribution in [2.45, 2.75) is 12.6 Å². The molecule has 17 heavy (non-hydrogen) atoms. The van der Waals surface area contributed by atoms with Crippen LogP contribution in [0.5, 0.6) is 0 Å². The Balaban J connectivity index is 2.46. The third-order valence-electron chi connectivity index (χ3n) is 2.38. The van der Waals surface area contributed by atoms with E-state index in [4.69, 9.17) is 4.74 Å². The molecule has 0 fully saturated rings. The van der Waals surface area contributed by atoms with Crippen LogP contribution in [0.2, 0.25) is 0 Å². The number of hydrogen-bond acceptors (Lipinski definition) is 5. The van der Waals surface area contributed by atoms with E-state index in [1.165, 1.54) is 0 Å². The van der Waals surface area contributed by atoms with E-state index in [1.54, 1.807) is 7.11 Å². The number of likely N-dealkylation sites (N-methyl/N-ethyl adjacent to an activating group) is 1. The predicted molar refractivity (Wildman–Crippen MR) is 68.0 cm³/mol. The lowest BCUT2D eigenvalue weighted by molar-refractivity contribution is 0.0417. The Morgan fingerprint density at radius 3 is 2.94 bits per heavy atom. The van der Waals surface area contributed by atoms with Gasteiger partial charge in [-0.15, -0.1) is 0 Å². The fourth-order valence-corrected chi connectivity index (χ4v) is 1.65. The van der Waals surface area contributed by atoms with Crippen LogP contribution >= 0.6 is 0 Å². The summed E-state index contributed by atoms with van der Waals surface area (Å²) >= 11 is 0. The maximum Gasteiger partial charge on any atom is 0.126 e. The molecule has 0 aliphatic rings. The second-order valence-corrected chi connectivity index (χ2v) is 4.07. The van der Waals surface area contributed by atoms with E-state index in [1.807, 2.05) is 37.2 Å². The first-order chi connectivity index (χ1) is 8.15. The molecular weight excluding hydrogens is 218 g/mol. The van der Waals surface area contributed by atoms with Crippen molar-refractivity contribution in [1.29, 1.82) is 0 Å². The quantitative estimate of drug-likeness (QED) is 0.728. The molecule has 1 unspecified atom stereocenters. The number of pyridine rings is 1. The lowest BCUT2D eigenvalue weighted by atomic mass is 10.3. The molecule has 1 aromatic heterocycles. The topological polar surface area (TPSA) is 57.6 Å². The Bertz CT molecular complexity index is 333. The standard InChI is InChI=1S/C12H21N3O2/c1-13-12-6-4-5-10(14-12)7-15(2)8-11(16)9-17-3/h4-6,11,16H,7-9H2,1-3H3,(H,13,14). The minimum atomic E-state index is -0.461. The number of nitrogens with one attached hydrogen (secondary N) is 1. The van der Waals surface area contributed by atoms with E-state index in [-0.39, 0.29) is 0 Å². The van der Waals surface area contributed by atoms with Crippen molar-refractivity contribution in [2.75, 3.05) is 39.7 Å². The average molecular weight is 239 g/mol. The first-order valence-electron chi connectivity index (χ1n) is 5.65. The molecule has 0 aliphatic heterocycles. The van der Waals surface area contributed by atoms with Gasteiger partial charge in [0.1, 0.15) is 5.82 Å². The Kier molecular flexibility index (Phi) is 5.90. The summed E-state index contributed by atoms with van der Waals surface area (Å²) in [6, 6.07) is 5.86.